The van der Waals surface area contributed by atoms with E-state index in [9.17, 15) is 0 Å². The first-order valence-electron chi connectivity index (χ1n) is 7.34. The zero-order valence-electron chi connectivity index (χ0n) is 11.9. The van der Waals surface area contributed by atoms with Gasteiger partial charge in [0.1, 0.15) is 5.75 Å². The monoisotopic (exact) mass is 263 g/mol. The van der Waals surface area contributed by atoms with Gasteiger partial charge in [-0.3, -0.25) is 0 Å². The summed E-state index contributed by atoms with van der Waals surface area (Å²) in [6.07, 6.45) is 6.00. The van der Waals surface area contributed by atoms with Crippen LogP contribution in [0.1, 0.15) is 30.4 Å². The van der Waals surface area contributed by atoms with Crippen molar-refractivity contribution in [2.45, 2.75) is 32.1 Å². The van der Waals surface area contributed by atoms with E-state index < -0.39 is 0 Å². The van der Waals surface area contributed by atoms with E-state index in [-0.39, 0.29) is 0 Å². The van der Waals surface area contributed by atoms with Gasteiger partial charge >= 0.3 is 0 Å². The van der Waals surface area contributed by atoms with Crippen LogP contribution in [0.5, 0.6) is 5.75 Å². The second-order valence-corrected chi connectivity index (χ2v) is 5.08. The molecule has 0 fully saturated rings. The predicted octanol–water partition coefficient (Wildman–Crippen LogP) is 2.57. The number of fused-ring (bicyclic) bond motifs is 1. The van der Waals surface area contributed by atoms with Crippen LogP contribution < -0.4 is 10.1 Å². The summed E-state index contributed by atoms with van der Waals surface area (Å²) in [5.74, 6) is 1.04. The highest BCUT2D eigenvalue weighted by Gasteiger charge is 2.10. The lowest BCUT2D eigenvalue weighted by molar-refractivity contribution is 0.199. The molecule has 0 amide bonds. The summed E-state index contributed by atoms with van der Waals surface area (Å²) in [6, 6.07) is 6.56. The van der Waals surface area contributed by atoms with E-state index in [2.05, 4.69) is 23.5 Å². The molecule has 0 heterocycles. The quantitative estimate of drug-likeness (QED) is 0.695. The van der Waals surface area contributed by atoms with Crippen LogP contribution in [-0.2, 0) is 17.6 Å². The van der Waals surface area contributed by atoms with Crippen LogP contribution in [-0.4, -0.2) is 33.4 Å². The first-order valence-corrected chi connectivity index (χ1v) is 7.34. The Kier molecular flexibility index (Phi) is 6.18. The molecule has 1 aliphatic carbocycles. The van der Waals surface area contributed by atoms with Gasteiger partial charge in [0, 0.05) is 13.7 Å². The maximum Gasteiger partial charge on any atom is 0.119 e. The van der Waals surface area contributed by atoms with Crippen LogP contribution in [0.25, 0.3) is 0 Å². The molecule has 3 heteroatoms. The molecule has 3 nitrogen and oxygen atoms in total. The van der Waals surface area contributed by atoms with Crippen molar-refractivity contribution in [3.63, 3.8) is 0 Å². The standard InChI is InChI=1S/C16H25NO2/c1-18-12-10-17-9-2-3-11-19-16-8-7-14-5-4-6-15(14)13-16/h7-8,13,17H,2-6,9-12H2,1H3. The van der Waals surface area contributed by atoms with Crippen LogP contribution in [0.15, 0.2) is 18.2 Å². The summed E-state index contributed by atoms with van der Waals surface area (Å²) in [5, 5.41) is 3.34. The number of unbranched alkanes of at least 4 members (excludes halogenated alkanes) is 1. The smallest absolute Gasteiger partial charge is 0.119 e. The van der Waals surface area contributed by atoms with Gasteiger partial charge in [-0.15, -0.1) is 0 Å². The molecule has 0 saturated carbocycles. The first kappa shape index (κ1) is 14.4. The minimum Gasteiger partial charge on any atom is -0.494 e. The second kappa shape index (κ2) is 8.18. The van der Waals surface area contributed by atoms with Crippen LogP contribution in [0.4, 0.5) is 0 Å². The van der Waals surface area contributed by atoms with Gasteiger partial charge in [0.15, 0.2) is 0 Å². The third-order valence-electron chi connectivity index (χ3n) is 3.57. The van der Waals surface area contributed by atoms with Crippen molar-refractivity contribution in [1.29, 1.82) is 0 Å². The number of methoxy groups -OCH3 is 1. The molecule has 1 aromatic carbocycles. The molecule has 106 valence electrons. The fourth-order valence-corrected chi connectivity index (χ4v) is 2.48. The fraction of sp³-hybridized carbons (Fsp3) is 0.625. The van der Waals surface area contributed by atoms with E-state index in [1.54, 1.807) is 7.11 Å². The molecule has 0 bridgehead atoms. The maximum absolute atomic E-state index is 5.81. The molecular formula is C16H25NO2. The number of aryl methyl sites for hydroxylation is 2. The van der Waals surface area contributed by atoms with Crippen molar-refractivity contribution in [3.8, 4) is 5.75 Å². The molecule has 2 rings (SSSR count). The third kappa shape index (κ3) is 4.84. The fourth-order valence-electron chi connectivity index (χ4n) is 2.48. The van der Waals surface area contributed by atoms with Gasteiger partial charge in [-0.05, 0) is 61.9 Å². The number of ether oxygens (including phenoxy) is 2. The lowest BCUT2D eigenvalue weighted by Crippen LogP contribution is -2.20. The number of rotatable bonds is 9. The lowest BCUT2D eigenvalue weighted by atomic mass is 10.1. The molecule has 1 N–H and O–H groups in total. The molecule has 0 unspecified atom stereocenters. The minimum absolute atomic E-state index is 0.783. The van der Waals surface area contributed by atoms with E-state index in [0.29, 0.717) is 0 Å². The lowest BCUT2D eigenvalue weighted by Gasteiger charge is -2.08. The molecule has 0 aliphatic heterocycles. The average Bonchev–Trinajstić information content (AvgIpc) is 2.89. The van der Waals surface area contributed by atoms with Crippen molar-refractivity contribution in [1.82, 2.24) is 5.32 Å². The Balaban J connectivity index is 1.56. The Morgan fingerprint density at radius 1 is 1.05 bits per heavy atom. The number of benzene rings is 1. The molecule has 1 aliphatic rings. The van der Waals surface area contributed by atoms with Crippen molar-refractivity contribution < 1.29 is 9.47 Å². The largest absolute Gasteiger partial charge is 0.494 e. The van der Waals surface area contributed by atoms with Crippen molar-refractivity contribution in [3.05, 3.63) is 29.3 Å². The second-order valence-electron chi connectivity index (χ2n) is 5.08. The van der Waals surface area contributed by atoms with Gasteiger partial charge in [0.2, 0.25) is 0 Å². The highest BCUT2D eigenvalue weighted by molar-refractivity contribution is 5.38. The normalized spacial score (nSPS) is 13.5. The van der Waals surface area contributed by atoms with Crippen molar-refractivity contribution >= 4 is 0 Å². The first-order chi connectivity index (χ1) is 9.40. The minimum atomic E-state index is 0.783. The van der Waals surface area contributed by atoms with E-state index in [4.69, 9.17) is 9.47 Å². The summed E-state index contributed by atoms with van der Waals surface area (Å²) < 4.78 is 10.8. The summed E-state index contributed by atoms with van der Waals surface area (Å²) >= 11 is 0. The van der Waals surface area contributed by atoms with Gasteiger partial charge in [-0.25, -0.2) is 0 Å². The Labute approximate surface area is 116 Å². The third-order valence-corrected chi connectivity index (χ3v) is 3.57. The Morgan fingerprint density at radius 2 is 1.95 bits per heavy atom. The molecule has 0 spiro atoms. The van der Waals surface area contributed by atoms with Crippen LogP contribution in [0.2, 0.25) is 0 Å². The zero-order chi connectivity index (χ0) is 13.3. The van der Waals surface area contributed by atoms with E-state index in [1.807, 2.05) is 0 Å². The molecule has 0 aromatic heterocycles. The molecular weight excluding hydrogens is 238 g/mol. The van der Waals surface area contributed by atoms with Gasteiger partial charge in [-0.1, -0.05) is 6.07 Å². The maximum atomic E-state index is 5.81. The summed E-state index contributed by atoms with van der Waals surface area (Å²) in [5.41, 5.74) is 2.99. The molecule has 0 saturated heterocycles. The van der Waals surface area contributed by atoms with E-state index in [0.717, 1.165) is 44.9 Å². The number of nitrogens with one attached hydrogen (secondary N) is 1. The van der Waals surface area contributed by atoms with E-state index >= 15 is 0 Å². The van der Waals surface area contributed by atoms with Crippen molar-refractivity contribution in [2.24, 2.45) is 0 Å². The molecule has 0 radical (unpaired) electrons. The average molecular weight is 263 g/mol. The van der Waals surface area contributed by atoms with Crippen LogP contribution >= 0.6 is 0 Å². The Morgan fingerprint density at radius 3 is 2.84 bits per heavy atom. The highest BCUT2D eigenvalue weighted by Crippen LogP contribution is 2.25. The van der Waals surface area contributed by atoms with Gasteiger partial charge in [0.05, 0.1) is 13.2 Å². The predicted molar refractivity (Wildman–Crippen MR) is 77.9 cm³/mol. The van der Waals surface area contributed by atoms with Gasteiger partial charge in [-0.2, -0.15) is 0 Å². The summed E-state index contributed by atoms with van der Waals surface area (Å²) in [7, 11) is 1.73. The van der Waals surface area contributed by atoms with Crippen LogP contribution in [0, 0.1) is 0 Å². The van der Waals surface area contributed by atoms with Crippen LogP contribution in [0.3, 0.4) is 0 Å². The summed E-state index contributed by atoms with van der Waals surface area (Å²) in [6.45, 7) is 3.56. The highest BCUT2D eigenvalue weighted by atomic mass is 16.5. The number of hydrogen-bond donors (Lipinski definition) is 1. The topological polar surface area (TPSA) is 30.5 Å². The van der Waals surface area contributed by atoms with Gasteiger partial charge in [0.25, 0.3) is 0 Å². The Hall–Kier alpha value is -1.06. The van der Waals surface area contributed by atoms with E-state index in [1.165, 1.54) is 30.4 Å². The molecule has 0 atom stereocenters. The van der Waals surface area contributed by atoms with Crippen molar-refractivity contribution in [2.75, 3.05) is 33.4 Å². The molecule has 19 heavy (non-hydrogen) atoms. The SMILES string of the molecule is COCCNCCCCOc1ccc2c(c1)CCC2. The summed E-state index contributed by atoms with van der Waals surface area (Å²) in [4.78, 5) is 0. The Bertz CT molecular complexity index is 379. The zero-order valence-corrected chi connectivity index (χ0v) is 11.9. The number of hydrogen-bond acceptors (Lipinski definition) is 3. The molecule has 1 aromatic rings. The van der Waals surface area contributed by atoms with Gasteiger partial charge < -0.3 is 14.8 Å².